The molecule has 3 fully saturated rings. The summed E-state index contributed by atoms with van der Waals surface area (Å²) < 4.78 is 9.45. The van der Waals surface area contributed by atoms with Crippen LogP contribution in [0.25, 0.3) is 0 Å². The fourth-order valence-corrected chi connectivity index (χ4v) is 147. The smallest absolute Gasteiger partial charge is 0 e. The molecule has 2 radical (unpaired) electrons. The van der Waals surface area contributed by atoms with Crippen molar-refractivity contribution in [1.82, 2.24) is 0 Å². The van der Waals surface area contributed by atoms with Gasteiger partial charge in [0.2, 0.25) is 0 Å². The number of hydrogen-bond acceptors (Lipinski definition) is 3. The second-order valence-electron chi connectivity index (χ2n) is 12.6. The molecule has 0 spiro atoms. The maximum Gasteiger partial charge on any atom is 0 e. The van der Waals surface area contributed by atoms with Crippen LogP contribution < -0.4 is 8.36 Å². The quantitative estimate of drug-likeness (QED) is 0.275. The van der Waals surface area contributed by atoms with E-state index >= 15 is 0 Å². The molecule has 3 aliphatic heterocycles. The average Bonchev–Trinajstić information content (AvgIpc) is 2.80. The fraction of sp³-hybridized carbons (Fsp3) is 0.357. The Morgan fingerprint density at radius 2 is 0.649 bits per heavy atom. The minimum Gasteiger partial charge on any atom is 0 e. The first-order valence-corrected chi connectivity index (χ1v) is 31.4. The van der Waals surface area contributed by atoms with Crippen LogP contribution in [0.4, 0.5) is 17.1 Å². The Kier molecular flexibility index (Phi) is 8.46. The van der Waals surface area contributed by atoms with Crippen molar-refractivity contribution in [3.63, 3.8) is 0 Å². The molecule has 3 aromatic rings. The van der Waals surface area contributed by atoms with Gasteiger partial charge < -0.3 is 0 Å². The standard InChI is InChI=1S/C28H42N3Si4.K.Sn/c1-23-11-17-26(18-12-23)29-32(4,5)35(10,33(6,7)30-27-19-13-24(2)14-20-27)34(8,9)31-28-21-15-25(3)16-22-28;;/h11-22H,1-10H3;;/q-3;;+3. The zero-order valence-electron chi connectivity index (χ0n) is 24.8. The summed E-state index contributed by atoms with van der Waals surface area (Å²) in [5, 5.41) is 0. The van der Waals surface area contributed by atoms with E-state index in [0.717, 1.165) is 0 Å². The van der Waals surface area contributed by atoms with E-state index < -0.39 is 50.5 Å². The molecule has 0 unspecified atom stereocenters. The molecule has 9 heteroatoms. The van der Waals surface area contributed by atoms with Gasteiger partial charge in [0.1, 0.15) is 0 Å². The Morgan fingerprint density at radius 3 is 0.865 bits per heavy atom. The largest absolute Gasteiger partial charge is 0 e. The predicted octanol–water partition coefficient (Wildman–Crippen LogP) is 6.99. The molecule has 3 aliphatic rings. The normalized spacial score (nSPS) is 21.1. The van der Waals surface area contributed by atoms with E-state index in [4.69, 9.17) is 0 Å². The molecule has 2 bridgehead atoms. The van der Waals surface area contributed by atoms with Crippen molar-refractivity contribution in [3.05, 3.63) is 89.5 Å². The molecule has 0 saturated carbocycles. The van der Waals surface area contributed by atoms with Gasteiger partial charge in [-0.25, -0.2) is 0 Å². The van der Waals surface area contributed by atoms with E-state index in [1.165, 1.54) is 33.8 Å². The monoisotopic (exact) mass is 691 g/mol. The second kappa shape index (κ2) is 10.3. The van der Waals surface area contributed by atoms with Crippen molar-refractivity contribution < 1.29 is 0 Å². The molecule has 3 aromatic carbocycles. The van der Waals surface area contributed by atoms with Crippen LogP contribution >= 0.6 is 0 Å². The van der Waals surface area contributed by atoms with Crippen LogP contribution in [0.15, 0.2) is 72.8 Å². The van der Waals surface area contributed by atoms with Gasteiger partial charge in [0.25, 0.3) is 0 Å². The van der Waals surface area contributed by atoms with E-state index in [9.17, 15) is 0 Å². The molecule has 6 rings (SSSR count). The Balaban J connectivity index is 0.00000320. The summed E-state index contributed by atoms with van der Waals surface area (Å²) in [7, 11) is -5.17. The first kappa shape index (κ1) is 30.3. The number of fused-ring (bicyclic) bond motifs is 3. The van der Waals surface area contributed by atoms with E-state index in [1.54, 1.807) is 0 Å². The SMILES string of the molecule is Cc1ccc([N]2[Sn]3[N](c4ccc(C)cc4)[Si](C)(C)[Si](C)([Si]2(C)C)[Si](C)(C)[N]3c2ccc(C)cc2)cc1.[K]. The predicted molar refractivity (Wildman–Crippen MR) is 177 cm³/mol. The number of rotatable bonds is 3. The Morgan fingerprint density at radius 1 is 0.432 bits per heavy atom. The van der Waals surface area contributed by atoms with Crippen LogP contribution in [0.2, 0.25) is 45.8 Å². The number of anilines is 3. The summed E-state index contributed by atoms with van der Waals surface area (Å²) in [5.41, 5.74) is 8.55. The van der Waals surface area contributed by atoms with Crippen LogP contribution in [0.3, 0.4) is 0 Å². The van der Waals surface area contributed by atoms with Gasteiger partial charge in [0, 0.05) is 51.4 Å². The van der Waals surface area contributed by atoms with Gasteiger partial charge in [0.15, 0.2) is 0 Å². The minimum absolute atomic E-state index is 0. The third-order valence-electron chi connectivity index (χ3n) is 9.82. The van der Waals surface area contributed by atoms with E-state index in [-0.39, 0.29) is 51.4 Å². The molecular weight excluding hydrogens is 648 g/mol. The molecule has 3 nitrogen and oxygen atoms in total. The zero-order chi connectivity index (χ0) is 26.3. The summed E-state index contributed by atoms with van der Waals surface area (Å²) in [6.07, 6.45) is 0. The Hall–Kier alpha value is 0.363. The zero-order valence-corrected chi connectivity index (χ0v) is 34.7. The van der Waals surface area contributed by atoms with Gasteiger partial charge >= 0.3 is 232 Å². The van der Waals surface area contributed by atoms with Crippen molar-refractivity contribution in [2.24, 2.45) is 0 Å². The molecule has 0 atom stereocenters. The molecule has 3 saturated heterocycles. The van der Waals surface area contributed by atoms with Gasteiger partial charge in [0.05, 0.1) is 0 Å². The van der Waals surface area contributed by atoms with Gasteiger partial charge in [-0.1, -0.05) is 0 Å². The van der Waals surface area contributed by atoms with Crippen LogP contribution in [0, 0.1) is 20.8 Å². The van der Waals surface area contributed by atoms with Gasteiger partial charge in [-0.05, 0) is 0 Å². The Labute approximate surface area is 279 Å². The fourth-order valence-electron chi connectivity index (χ4n) is 7.36. The number of benzene rings is 3. The van der Waals surface area contributed by atoms with Crippen molar-refractivity contribution in [3.8, 4) is 0 Å². The summed E-state index contributed by atoms with van der Waals surface area (Å²) in [4.78, 5) is 0. The Bertz CT molecular complexity index is 1120. The van der Waals surface area contributed by atoms with Crippen molar-refractivity contribution in [1.29, 1.82) is 0 Å². The maximum absolute atomic E-state index is 3.15. The summed E-state index contributed by atoms with van der Waals surface area (Å²) in [5.74, 6) is 0. The minimum atomic E-state index is -2.65. The van der Waals surface area contributed by atoms with Gasteiger partial charge in [-0.3, -0.25) is 0 Å². The van der Waals surface area contributed by atoms with Crippen molar-refractivity contribution in [2.75, 3.05) is 8.36 Å². The number of aryl methyl sites for hydroxylation is 3. The maximum atomic E-state index is 3.15. The first-order chi connectivity index (χ1) is 16.7. The van der Waals surface area contributed by atoms with Gasteiger partial charge in [-0.2, -0.15) is 0 Å². The third kappa shape index (κ3) is 4.35. The molecule has 0 aliphatic carbocycles. The summed E-state index contributed by atoms with van der Waals surface area (Å²) in [6.45, 7) is 24.4. The molecule has 37 heavy (non-hydrogen) atoms. The molecule has 0 N–H and O–H groups in total. The van der Waals surface area contributed by atoms with E-state index in [0.29, 0.717) is 0 Å². The average molecular weight is 691 g/mol. The van der Waals surface area contributed by atoms with E-state index in [1.807, 2.05) is 0 Å². The van der Waals surface area contributed by atoms with Crippen molar-refractivity contribution in [2.45, 2.75) is 66.6 Å². The van der Waals surface area contributed by atoms with Gasteiger partial charge in [-0.15, -0.1) is 0 Å². The molecule has 0 amide bonds. The molecule has 3 heterocycles. The second-order valence-corrected chi connectivity index (χ2v) is 59.4. The van der Waals surface area contributed by atoms with Crippen LogP contribution in [-0.4, -0.2) is 102 Å². The molecule has 190 valence electrons. The van der Waals surface area contributed by atoms with E-state index in [2.05, 4.69) is 148 Å². The first-order valence-electron chi connectivity index (χ1n) is 13.2. The molecule has 0 aromatic heterocycles. The molecular formula is C28H42KN3Si4Sn. The summed E-state index contributed by atoms with van der Waals surface area (Å²) >= 11 is -2.65. The van der Waals surface area contributed by atoms with Crippen molar-refractivity contribution >= 4 is 119 Å². The van der Waals surface area contributed by atoms with Crippen LogP contribution in [-0.2, 0) is 0 Å². The van der Waals surface area contributed by atoms with Crippen LogP contribution in [0.1, 0.15) is 16.7 Å². The number of hydrogen-bond donors (Lipinski definition) is 0. The topological polar surface area (TPSA) is 9.72 Å². The summed E-state index contributed by atoms with van der Waals surface area (Å²) in [6, 6.07) is 28.7. The number of nitrogens with zero attached hydrogens (tertiary/aromatic N) is 3. The third-order valence-corrected chi connectivity index (χ3v) is 108. The van der Waals surface area contributed by atoms with Crippen LogP contribution in [0.5, 0.6) is 0 Å².